The van der Waals surface area contributed by atoms with Crippen molar-refractivity contribution in [3.8, 4) is 0 Å². The highest BCUT2D eigenvalue weighted by Gasteiger charge is 2.14. The van der Waals surface area contributed by atoms with E-state index >= 15 is 0 Å². The zero-order valence-electron chi connectivity index (χ0n) is 7.25. The third-order valence-electron chi connectivity index (χ3n) is 1.83. The van der Waals surface area contributed by atoms with Gasteiger partial charge in [0.05, 0.1) is 0 Å². The van der Waals surface area contributed by atoms with Crippen LogP contribution in [0.15, 0.2) is 24.5 Å². The van der Waals surface area contributed by atoms with Gasteiger partial charge in [-0.05, 0) is 24.1 Å². The van der Waals surface area contributed by atoms with Crippen LogP contribution in [0, 0.1) is 5.41 Å². The maximum atomic E-state index is 5.61. The summed E-state index contributed by atoms with van der Waals surface area (Å²) in [7, 11) is 0. The minimum Gasteiger partial charge on any atom is -0.354 e. The Balaban J connectivity index is 2.56. The molecule has 1 rings (SSSR count). The zero-order valence-corrected chi connectivity index (χ0v) is 7.25. The molecule has 2 nitrogen and oxygen atoms in total. The van der Waals surface area contributed by atoms with Gasteiger partial charge in [-0.3, -0.25) is 0 Å². The van der Waals surface area contributed by atoms with Crippen LogP contribution in [0.4, 0.5) is 0 Å². The van der Waals surface area contributed by atoms with Gasteiger partial charge >= 0.3 is 0 Å². The van der Waals surface area contributed by atoms with E-state index in [0.29, 0.717) is 0 Å². The zero-order chi connectivity index (χ0) is 8.32. The van der Waals surface area contributed by atoms with Crippen LogP contribution in [0.1, 0.15) is 13.8 Å². The highest BCUT2D eigenvalue weighted by molar-refractivity contribution is 4.91. The molecule has 0 fully saturated rings. The Bertz CT molecular complexity index is 199. The lowest BCUT2D eigenvalue weighted by Crippen LogP contribution is -2.28. The first-order chi connectivity index (χ1) is 5.14. The Hall–Kier alpha value is -0.760. The van der Waals surface area contributed by atoms with Gasteiger partial charge in [-0.25, -0.2) is 0 Å². The van der Waals surface area contributed by atoms with Crippen LogP contribution in [0.25, 0.3) is 0 Å². The molecule has 0 aliphatic heterocycles. The molecule has 0 radical (unpaired) electrons. The predicted molar refractivity (Wildman–Crippen MR) is 47.3 cm³/mol. The molecule has 0 bridgehead atoms. The lowest BCUT2D eigenvalue weighted by atomic mass is 9.94. The summed E-state index contributed by atoms with van der Waals surface area (Å²) >= 11 is 0. The summed E-state index contributed by atoms with van der Waals surface area (Å²) in [6, 6.07) is 4.07. The molecule has 0 spiro atoms. The predicted octanol–water partition coefficient (Wildman–Crippen LogP) is 1.47. The maximum absolute atomic E-state index is 5.61. The molecule has 62 valence electrons. The van der Waals surface area contributed by atoms with E-state index < -0.39 is 0 Å². The molecule has 11 heavy (non-hydrogen) atoms. The second-order valence-corrected chi connectivity index (χ2v) is 3.72. The van der Waals surface area contributed by atoms with Gasteiger partial charge in [0.1, 0.15) is 0 Å². The quantitative estimate of drug-likeness (QED) is 0.698. The van der Waals surface area contributed by atoms with Crippen LogP contribution in [0.2, 0.25) is 0 Å². The van der Waals surface area contributed by atoms with E-state index in [-0.39, 0.29) is 5.41 Å². The number of hydrogen-bond donors (Lipinski definition) is 1. The molecule has 1 heterocycles. The summed E-state index contributed by atoms with van der Waals surface area (Å²) in [5, 5.41) is 0. The molecule has 0 saturated carbocycles. The van der Waals surface area contributed by atoms with Crippen molar-refractivity contribution in [3.63, 3.8) is 0 Å². The molecule has 0 aliphatic carbocycles. The summed E-state index contributed by atoms with van der Waals surface area (Å²) in [5.74, 6) is 0. The Morgan fingerprint density at radius 1 is 1.27 bits per heavy atom. The maximum Gasteiger partial charge on any atom is 0.0282 e. The van der Waals surface area contributed by atoms with Gasteiger partial charge in [0.25, 0.3) is 0 Å². The van der Waals surface area contributed by atoms with Crippen molar-refractivity contribution >= 4 is 0 Å². The molecule has 2 heteroatoms. The summed E-state index contributed by atoms with van der Waals surface area (Å²) in [5.41, 5.74) is 5.82. The van der Waals surface area contributed by atoms with Crippen molar-refractivity contribution in [2.45, 2.75) is 20.4 Å². The normalized spacial score (nSPS) is 11.9. The number of hydrogen-bond acceptors (Lipinski definition) is 1. The highest BCUT2D eigenvalue weighted by Crippen LogP contribution is 2.15. The average molecular weight is 152 g/mol. The van der Waals surface area contributed by atoms with E-state index in [9.17, 15) is 0 Å². The minimum absolute atomic E-state index is 0.207. The first-order valence-electron chi connectivity index (χ1n) is 3.95. The van der Waals surface area contributed by atoms with Gasteiger partial charge in [0.2, 0.25) is 0 Å². The third-order valence-corrected chi connectivity index (χ3v) is 1.83. The lowest BCUT2D eigenvalue weighted by molar-refractivity contribution is 0.318. The van der Waals surface area contributed by atoms with Gasteiger partial charge in [-0.15, -0.1) is 0 Å². The summed E-state index contributed by atoms with van der Waals surface area (Å²) in [6.07, 6.45) is 4.13. The number of nitrogens with zero attached hydrogens (tertiary/aromatic N) is 1. The molecule has 0 atom stereocenters. The minimum atomic E-state index is 0.207. The number of nitrogens with two attached hydrogens (primary N) is 1. The Labute approximate surface area is 68.0 Å². The first kappa shape index (κ1) is 8.34. The van der Waals surface area contributed by atoms with Crippen LogP contribution in [0.3, 0.4) is 0 Å². The van der Waals surface area contributed by atoms with E-state index in [0.717, 1.165) is 13.1 Å². The topological polar surface area (TPSA) is 30.9 Å². The van der Waals surface area contributed by atoms with Gasteiger partial charge in [0, 0.05) is 18.9 Å². The summed E-state index contributed by atoms with van der Waals surface area (Å²) < 4.78 is 2.16. The summed E-state index contributed by atoms with van der Waals surface area (Å²) in [6.45, 7) is 6.07. The van der Waals surface area contributed by atoms with Crippen LogP contribution in [0.5, 0.6) is 0 Å². The Morgan fingerprint density at radius 3 is 2.27 bits per heavy atom. The molecule has 0 aromatic carbocycles. The number of rotatable bonds is 3. The largest absolute Gasteiger partial charge is 0.354 e. The monoisotopic (exact) mass is 152 g/mol. The van der Waals surface area contributed by atoms with Gasteiger partial charge < -0.3 is 10.3 Å². The molecule has 0 amide bonds. The standard InChI is InChI=1S/C9H16N2/c1-9(2,7-10)8-11-5-3-4-6-11/h3-6H,7-8,10H2,1-2H3. The van der Waals surface area contributed by atoms with Crippen molar-refractivity contribution in [2.75, 3.05) is 6.54 Å². The van der Waals surface area contributed by atoms with E-state index in [1.54, 1.807) is 0 Å². The first-order valence-corrected chi connectivity index (χ1v) is 3.95. The Kier molecular flexibility index (Phi) is 2.35. The van der Waals surface area contributed by atoms with Gasteiger partial charge in [0.15, 0.2) is 0 Å². The van der Waals surface area contributed by atoms with Crippen LogP contribution >= 0.6 is 0 Å². The van der Waals surface area contributed by atoms with Crippen LogP contribution < -0.4 is 5.73 Å². The fraction of sp³-hybridized carbons (Fsp3) is 0.556. The van der Waals surface area contributed by atoms with Gasteiger partial charge in [-0.2, -0.15) is 0 Å². The van der Waals surface area contributed by atoms with Crippen molar-refractivity contribution in [1.82, 2.24) is 4.57 Å². The number of aromatic nitrogens is 1. The average Bonchev–Trinajstić information content (AvgIpc) is 2.39. The van der Waals surface area contributed by atoms with E-state index in [1.165, 1.54) is 0 Å². The van der Waals surface area contributed by atoms with Crippen LogP contribution in [-0.2, 0) is 6.54 Å². The van der Waals surface area contributed by atoms with Crippen molar-refractivity contribution < 1.29 is 0 Å². The van der Waals surface area contributed by atoms with Crippen LogP contribution in [-0.4, -0.2) is 11.1 Å². The van der Waals surface area contributed by atoms with E-state index in [2.05, 4.69) is 30.8 Å². The molecule has 0 unspecified atom stereocenters. The van der Waals surface area contributed by atoms with Crippen molar-refractivity contribution in [1.29, 1.82) is 0 Å². The molecule has 0 aliphatic rings. The lowest BCUT2D eigenvalue weighted by Gasteiger charge is -2.22. The highest BCUT2D eigenvalue weighted by atomic mass is 14.9. The molecule has 1 aromatic heterocycles. The smallest absolute Gasteiger partial charge is 0.0282 e. The molecule has 2 N–H and O–H groups in total. The SMILES string of the molecule is CC(C)(CN)Cn1cccc1. The van der Waals surface area contributed by atoms with Gasteiger partial charge in [-0.1, -0.05) is 13.8 Å². The fourth-order valence-corrected chi connectivity index (χ4v) is 1.03. The summed E-state index contributed by atoms with van der Waals surface area (Å²) in [4.78, 5) is 0. The molecule has 1 aromatic rings. The fourth-order valence-electron chi connectivity index (χ4n) is 1.03. The third kappa shape index (κ3) is 2.39. The van der Waals surface area contributed by atoms with Crippen molar-refractivity contribution in [2.24, 2.45) is 11.1 Å². The second-order valence-electron chi connectivity index (χ2n) is 3.72. The van der Waals surface area contributed by atoms with E-state index in [1.807, 2.05) is 12.1 Å². The van der Waals surface area contributed by atoms with Crippen molar-refractivity contribution in [3.05, 3.63) is 24.5 Å². The molecular weight excluding hydrogens is 136 g/mol. The Morgan fingerprint density at radius 2 is 1.82 bits per heavy atom. The molecular formula is C9H16N2. The molecule has 0 saturated heterocycles. The van der Waals surface area contributed by atoms with E-state index in [4.69, 9.17) is 5.73 Å². The second kappa shape index (κ2) is 3.09.